The minimum absolute atomic E-state index is 0.309. The van der Waals surface area contributed by atoms with Gasteiger partial charge in [0.2, 0.25) is 0 Å². The van der Waals surface area contributed by atoms with E-state index in [1.807, 2.05) is 18.2 Å². The number of H-pyrrole nitrogens is 1. The molecule has 0 saturated heterocycles. The zero-order valence-electron chi connectivity index (χ0n) is 9.35. The Hall–Kier alpha value is -0.720. The van der Waals surface area contributed by atoms with E-state index in [0.29, 0.717) is 15.8 Å². The van der Waals surface area contributed by atoms with Crippen molar-refractivity contribution in [2.75, 3.05) is 0 Å². The van der Waals surface area contributed by atoms with Gasteiger partial charge in [-0.15, -0.1) is 0 Å². The van der Waals surface area contributed by atoms with Crippen LogP contribution in [0.25, 0.3) is 22.4 Å². The van der Waals surface area contributed by atoms with Crippen LogP contribution in [0.3, 0.4) is 0 Å². The first kappa shape index (κ1) is 13.3. The first-order chi connectivity index (χ1) is 9.04. The van der Waals surface area contributed by atoms with E-state index in [1.54, 1.807) is 6.07 Å². The minimum atomic E-state index is -0.309. The summed E-state index contributed by atoms with van der Waals surface area (Å²) in [5.74, 6) is 0.386. The second-order valence-electron chi connectivity index (χ2n) is 3.99. The Morgan fingerprint density at radius 1 is 1.00 bits per heavy atom. The average molecular weight is 449 g/mol. The number of halogens is 4. The Morgan fingerprint density at radius 3 is 2.58 bits per heavy atom. The van der Waals surface area contributed by atoms with Gasteiger partial charge in [0.15, 0.2) is 0 Å². The summed E-state index contributed by atoms with van der Waals surface area (Å²) >= 11 is 10.1. The number of nitrogens with zero attached hydrogens (tertiary/aromatic N) is 1. The quantitative estimate of drug-likeness (QED) is 0.511. The van der Waals surface area contributed by atoms with Gasteiger partial charge in [-0.25, -0.2) is 9.37 Å². The molecule has 0 fully saturated rings. The molecule has 1 aromatic heterocycles. The normalized spacial score (nSPS) is 11.2. The minimum Gasteiger partial charge on any atom is -0.338 e. The lowest BCUT2D eigenvalue weighted by Gasteiger charge is -2.01. The van der Waals surface area contributed by atoms with Gasteiger partial charge >= 0.3 is 0 Å². The van der Waals surface area contributed by atoms with Crippen molar-refractivity contribution in [3.8, 4) is 11.4 Å². The molecule has 3 rings (SSSR count). The Balaban J connectivity index is 2.23. The van der Waals surface area contributed by atoms with Crippen LogP contribution >= 0.6 is 47.8 Å². The number of nitrogens with one attached hydrogen (secondary N) is 1. The monoisotopic (exact) mass is 446 g/mol. The van der Waals surface area contributed by atoms with Gasteiger partial charge in [-0.1, -0.05) is 31.9 Å². The van der Waals surface area contributed by atoms with Crippen LogP contribution in [0.4, 0.5) is 4.39 Å². The molecule has 2 nitrogen and oxygen atoms in total. The van der Waals surface area contributed by atoms with Gasteiger partial charge < -0.3 is 4.98 Å². The van der Waals surface area contributed by atoms with Gasteiger partial charge in [-0.2, -0.15) is 0 Å². The maximum Gasteiger partial charge on any atom is 0.139 e. The van der Waals surface area contributed by atoms with Gasteiger partial charge in [-0.05, 0) is 40.2 Å². The van der Waals surface area contributed by atoms with Gasteiger partial charge in [0.1, 0.15) is 11.6 Å². The summed E-state index contributed by atoms with van der Waals surface area (Å²) in [6.07, 6.45) is 0. The van der Waals surface area contributed by atoms with Crippen LogP contribution in [0.15, 0.2) is 43.7 Å². The molecule has 0 saturated carbocycles. The molecule has 0 spiro atoms. The predicted octanol–water partition coefficient (Wildman–Crippen LogP) is 5.66. The highest BCUT2D eigenvalue weighted by atomic mass is 79.9. The van der Waals surface area contributed by atoms with Crippen LogP contribution < -0.4 is 0 Å². The van der Waals surface area contributed by atoms with Crippen LogP contribution in [0, 0.1) is 5.82 Å². The van der Waals surface area contributed by atoms with Crippen LogP contribution in [0.5, 0.6) is 0 Å². The maximum absolute atomic E-state index is 13.5. The first-order valence-electron chi connectivity index (χ1n) is 5.35. The zero-order chi connectivity index (χ0) is 13.6. The van der Waals surface area contributed by atoms with Crippen molar-refractivity contribution in [1.29, 1.82) is 0 Å². The fourth-order valence-electron chi connectivity index (χ4n) is 1.81. The molecule has 0 aliphatic heterocycles. The van der Waals surface area contributed by atoms with Crippen LogP contribution in [-0.4, -0.2) is 9.97 Å². The number of hydrogen-bond donors (Lipinski definition) is 1. The molecule has 6 heteroatoms. The molecular weight excluding hydrogens is 443 g/mol. The molecule has 2 aromatic carbocycles. The molecule has 3 aromatic rings. The SMILES string of the molecule is Fc1cc2[nH]c(-c3cc(Br)ccc3Br)nc2cc1Br. The Kier molecular flexibility index (Phi) is 3.49. The van der Waals surface area contributed by atoms with E-state index in [9.17, 15) is 4.39 Å². The van der Waals surface area contributed by atoms with Crippen LogP contribution in [0.2, 0.25) is 0 Å². The van der Waals surface area contributed by atoms with Crippen molar-refractivity contribution in [1.82, 2.24) is 9.97 Å². The highest BCUT2D eigenvalue weighted by Gasteiger charge is 2.11. The third kappa shape index (κ3) is 2.49. The third-order valence-electron chi connectivity index (χ3n) is 2.71. The van der Waals surface area contributed by atoms with E-state index in [1.165, 1.54) is 6.07 Å². The lowest BCUT2D eigenvalue weighted by atomic mass is 10.2. The number of fused-ring (bicyclic) bond motifs is 1. The Bertz CT molecular complexity index is 744. The summed E-state index contributed by atoms with van der Waals surface area (Å²) in [5, 5.41) is 0. The number of aromatic amines is 1. The first-order valence-corrected chi connectivity index (χ1v) is 7.72. The van der Waals surface area contributed by atoms with Crippen LogP contribution in [-0.2, 0) is 0 Å². The zero-order valence-corrected chi connectivity index (χ0v) is 14.1. The molecule has 0 atom stereocenters. The van der Waals surface area contributed by atoms with E-state index >= 15 is 0 Å². The summed E-state index contributed by atoms with van der Waals surface area (Å²) in [7, 11) is 0. The second kappa shape index (κ2) is 5.00. The van der Waals surface area contributed by atoms with Crippen molar-refractivity contribution in [2.24, 2.45) is 0 Å². The van der Waals surface area contributed by atoms with E-state index in [-0.39, 0.29) is 5.82 Å². The number of imidazole rings is 1. The smallest absolute Gasteiger partial charge is 0.139 e. The second-order valence-corrected chi connectivity index (χ2v) is 6.62. The summed E-state index contributed by atoms with van der Waals surface area (Å²) in [6.45, 7) is 0. The van der Waals surface area contributed by atoms with Gasteiger partial charge in [0, 0.05) is 20.6 Å². The van der Waals surface area contributed by atoms with Crippen LogP contribution in [0.1, 0.15) is 0 Å². The highest BCUT2D eigenvalue weighted by Crippen LogP contribution is 2.31. The summed E-state index contributed by atoms with van der Waals surface area (Å²) in [6, 6.07) is 8.92. The van der Waals surface area contributed by atoms with Gasteiger partial charge in [0.05, 0.1) is 15.5 Å². The molecule has 0 aliphatic rings. The number of benzene rings is 2. The van der Waals surface area contributed by atoms with Gasteiger partial charge in [0.25, 0.3) is 0 Å². The topological polar surface area (TPSA) is 28.7 Å². The van der Waals surface area contributed by atoms with Gasteiger partial charge in [-0.3, -0.25) is 0 Å². The summed E-state index contributed by atoms with van der Waals surface area (Å²) in [5.41, 5.74) is 2.31. The Labute approximate surface area is 133 Å². The molecule has 0 radical (unpaired) electrons. The standard InChI is InChI=1S/C13H6Br3FN2/c14-6-1-2-8(15)7(3-6)13-18-11-4-9(16)10(17)5-12(11)19-13/h1-5H,(H,18,19). The lowest BCUT2D eigenvalue weighted by Crippen LogP contribution is -1.82. The largest absolute Gasteiger partial charge is 0.338 e. The summed E-state index contributed by atoms with van der Waals surface area (Å²) in [4.78, 5) is 7.61. The highest BCUT2D eigenvalue weighted by molar-refractivity contribution is 9.11. The molecular formula is C13H6Br3FN2. The third-order valence-corrected chi connectivity index (χ3v) is 4.50. The number of aromatic nitrogens is 2. The van der Waals surface area contributed by atoms with Crippen molar-refractivity contribution < 1.29 is 4.39 Å². The van der Waals surface area contributed by atoms with Crippen molar-refractivity contribution in [3.05, 3.63) is 49.6 Å². The fraction of sp³-hybridized carbons (Fsp3) is 0. The average Bonchev–Trinajstić information content (AvgIpc) is 2.75. The molecule has 1 heterocycles. The number of hydrogen-bond acceptors (Lipinski definition) is 1. The molecule has 96 valence electrons. The molecule has 0 amide bonds. The van der Waals surface area contributed by atoms with E-state index < -0.39 is 0 Å². The Morgan fingerprint density at radius 2 is 1.79 bits per heavy atom. The predicted molar refractivity (Wildman–Crippen MR) is 84.6 cm³/mol. The molecule has 0 bridgehead atoms. The molecule has 0 unspecified atom stereocenters. The molecule has 0 aliphatic carbocycles. The van der Waals surface area contributed by atoms with E-state index in [4.69, 9.17) is 0 Å². The van der Waals surface area contributed by atoms with E-state index in [0.717, 1.165) is 20.0 Å². The van der Waals surface area contributed by atoms with Crippen molar-refractivity contribution in [2.45, 2.75) is 0 Å². The molecule has 19 heavy (non-hydrogen) atoms. The number of rotatable bonds is 1. The maximum atomic E-state index is 13.5. The fourth-order valence-corrected chi connectivity index (χ4v) is 2.94. The van der Waals surface area contributed by atoms with E-state index in [2.05, 4.69) is 57.8 Å². The van der Waals surface area contributed by atoms with Crippen molar-refractivity contribution >= 4 is 58.8 Å². The van der Waals surface area contributed by atoms with Crippen molar-refractivity contribution in [3.63, 3.8) is 0 Å². The molecule has 1 N–H and O–H groups in total. The lowest BCUT2D eigenvalue weighted by molar-refractivity contribution is 0.623. The summed E-state index contributed by atoms with van der Waals surface area (Å²) < 4.78 is 15.8.